The molecule has 0 aliphatic carbocycles. The number of nitrogens with one attached hydrogen (secondary N) is 1. The first-order chi connectivity index (χ1) is 9.08. The lowest BCUT2D eigenvalue weighted by Crippen LogP contribution is -2.48. The zero-order chi connectivity index (χ0) is 13.8. The van der Waals surface area contributed by atoms with Gasteiger partial charge in [-0.2, -0.15) is 0 Å². The Morgan fingerprint density at radius 2 is 2.11 bits per heavy atom. The fourth-order valence-electron chi connectivity index (χ4n) is 1.68. The summed E-state index contributed by atoms with van der Waals surface area (Å²) >= 11 is 5.88. The van der Waals surface area contributed by atoms with Crippen LogP contribution in [0, 0.1) is 10.1 Å². The van der Waals surface area contributed by atoms with Crippen LogP contribution >= 0.6 is 11.6 Å². The molecule has 2 rings (SSSR count). The first kappa shape index (κ1) is 13.7. The van der Waals surface area contributed by atoms with Crippen LogP contribution in [-0.2, 0) is 4.74 Å². The van der Waals surface area contributed by atoms with Gasteiger partial charge in [0, 0.05) is 25.2 Å². The van der Waals surface area contributed by atoms with Gasteiger partial charge in [-0.05, 0) is 6.07 Å². The molecule has 0 atom stereocenters. The van der Waals surface area contributed by atoms with Gasteiger partial charge >= 0.3 is 0 Å². The van der Waals surface area contributed by atoms with Crippen LogP contribution in [0.25, 0.3) is 0 Å². The van der Waals surface area contributed by atoms with Gasteiger partial charge in [-0.1, -0.05) is 11.6 Å². The summed E-state index contributed by atoms with van der Waals surface area (Å²) in [6.07, 6.45) is 0. The van der Waals surface area contributed by atoms with E-state index in [1.807, 2.05) is 0 Å². The van der Waals surface area contributed by atoms with Gasteiger partial charge in [-0.15, -0.1) is 0 Å². The molecule has 1 saturated heterocycles. The summed E-state index contributed by atoms with van der Waals surface area (Å²) in [6, 6.07) is 3.76. The van der Waals surface area contributed by atoms with Gasteiger partial charge in [0.25, 0.3) is 11.6 Å². The number of hydrogen-bond acceptors (Lipinski definition) is 5. The molecule has 8 heteroatoms. The SMILES string of the molecule is O=C(NN1CCOCC1)c1ccc([N+](=O)[O-])cc1Cl. The van der Waals surface area contributed by atoms with E-state index >= 15 is 0 Å². The van der Waals surface area contributed by atoms with E-state index in [2.05, 4.69) is 5.43 Å². The number of morpholine rings is 1. The Balaban J connectivity index is 2.08. The van der Waals surface area contributed by atoms with E-state index in [-0.39, 0.29) is 22.2 Å². The van der Waals surface area contributed by atoms with Crippen molar-refractivity contribution in [3.63, 3.8) is 0 Å². The number of carbonyl (C=O) groups excluding carboxylic acids is 1. The molecule has 0 radical (unpaired) electrons. The maximum absolute atomic E-state index is 12.0. The molecule has 1 aliphatic rings. The molecule has 7 nitrogen and oxygen atoms in total. The summed E-state index contributed by atoms with van der Waals surface area (Å²) in [6.45, 7) is 2.29. The maximum Gasteiger partial charge on any atom is 0.270 e. The average molecular weight is 286 g/mol. The van der Waals surface area contributed by atoms with Gasteiger partial charge in [0.05, 0.1) is 28.7 Å². The number of carbonyl (C=O) groups is 1. The van der Waals surface area contributed by atoms with E-state index in [1.54, 1.807) is 5.01 Å². The van der Waals surface area contributed by atoms with Crippen molar-refractivity contribution >= 4 is 23.2 Å². The smallest absolute Gasteiger partial charge is 0.270 e. The van der Waals surface area contributed by atoms with Crippen molar-refractivity contribution in [1.29, 1.82) is 0 Å². The zero-order valence-electron chi connectivity index (χ0n) is 9.97. The molecule has 0 unspecified atom stereocenters. The maximum atomic E-state index is 12.0. The predicted octanol–water partition coefficient (Wildman–Crippen LogP) is 1.23. The van der Waals surface area contributed by atoms with E-state index in [0.717, 1.165) is 6.07 Å². The van der Waals surface area contributed by atoms with Crippen molar-refractivity contribution in [2.24, 2.45) is 0 Å². The number of hydrogen-bond donors (Lipinski definition) is 1. The third kappa shape index (κ3) is 3.40. The summed E-state index contributed by atoms with van der Waals surface area (Å²) in [5.74, 6) is -0.387. The van der Waals surface area contributed by atoms with E-state index in [9.17, 15) is 14.9 Å². The highest BCUT2D eigenvalue weighted by molar-refractivity contribution is 6.34. The standard InChI is InChI=1S/C11H12ClN3O4/c12-10-7-8(15(17)18)1-2-9(10)11(16)13-14-3-5-19-6-4-14/h1-2,7H,3-6H2,(H,13,16). The zero-order valence-corrected chi connectivity index (χ0v) is 10.7. The number of halogens is 1. The molecule has 0 aromatic heterocycles. The highest BCUT2D eigenvalue weighted by atomic mass is 35.5. The fraction of sp³-hybridized carbons (Fsp3) is 0.364. The summed E-state index contributed by atoms with van der Waals surface area (Å²) in [7, 11) is 0. The number of nitro groups is 1. The fourth-order valence-corrected chi connectivity index (χ4v) is 1.94. The molecule has 0 bridgehead atoms. The number of rotatable bonds is 3. The molecule has 19 heavy (non-hydrogen) atoms. The van der Waals surface area contributed by atoms with Crippen LogP contribution in [0.15, 0.2) is 18.2 Å². The minimum atomic E-state index is -0.560. The van der Waals surface area contributed by atoms with E-state index in [4.69, 9.17) is 16.3 Å². The van der Waals surface area contributed by atoms with E-state index in [1.165, 1.54) is 12.1 Å². The van der Waals surface area contributed by atoms with Gasteiger partial charge in [-0.25, -0.2) is 5.01 Å². The van der Waals surface area contributed by atoms with Crippen LogP contribution in [0.2, 0.25) is 5.02 Å². The number of nitrogens with zero attached hydrogens (tertiary/aromatic N) is 2. The molecule has 0 spiro atoms. The molecule has 0 saturated carbocycles. The van der Waals surface area contributed by atoms with E-state index < -0.39 is 4.92 Å². The van der Waals surface area contributed by atoms with Crippen LogP contribution in [0.1, 0.15) is 10.4 Å². The van der Waals surface area contributed by atoms with Crippen molar-refractivity contribution in [3.8, 4) is 0 Å². The number of nitro benzene ring substituents is 1. The molecule has 1 fully saturated rings. The lowest BCUT2D eigenvalue weighted by Gasteiger charge is -2.27. The number of ether oxygens (including phenoxy) is 1. The van der Waals surface area contributed by atoms with Crippen molar-refractivity contribution in [3.05, 3.63) is 38.9 Å². The second-order valence-corrected chi connectivity index (χ2v) is 4.37. The normalized spacial score (nSPS) is 16.1. The average Bonchev–Trinajstić information content (AvgIpc) is 2.39. The van der Waals surface area contributed by atoms with Crippen molar-refractivity contribution in [2.75, 3.05) is 26.3 Å². The van der Waals surface area contributed by atoms with Crippen LogP contribution in [-0.4, -0.2) is 42.1 Å². The Kier molecular flexibility index (Phi) is 4.31. The molecule has 1 aromatic rings. The number of non-ortho nitro benzene ring substituents is 1. The first-order valence-corrected chi connectivity index (χ1v) is 6.03. The van der Waals surface area contributed by atoms with Crippen molar-refractivity contribution in [1.82, 2.24) is 10.4 Å². The van der Waals surface area contributed by atoms with E-state index in [0.29, 0.717) is 26.3 Å². The van der Waals surface area contributed by atoms with Crippen molar-refractivity contribution in [2.45, 2.75) is 0 Å². The lowest BCUT2D eigenvalue weighted by molar-refractivity contribution is -0.384. The predicted molar refractivity (Wildman–Crippen MR) is 68.0 cm³/mol. The Bertz CT molecular complexity index is 503. The Morgan fingerprint density at radius 1 is 1.42 bits per heavy atom. The molecular weight excluding hydrogens is 274 g/mol. The minimum Gasteiger partial charge on any atom is -0.379 e. The van der Waals surface area contributed by atoms with Gasteiger partial charge in [0.2, 0.25) is 0 Å². The number of amides is 1. The third-order valence-electron chi connectivity index (χ3n) is 2.68. The lowest BCUT2D eigenvalue weighted by atomic mass is 10.2. The van der Waals surface area contributed by atoms with Crippen molar-refractivity contribution < 1.29 is 14.5 Å². The summed E-state index contributed by atoms with van der Waals surface area (Å²) in [5, 5.41) is 12.4. The summed E-state index contributed by atoms with van der Waals surface area (Å²) in [4.78, 5) is 22.0. The largest absolute Gasteiger partial charge is 0.379 e. The Hall–Kier alpha value is -1.70. The molecule has 1 aliphatic heterocycles. The summed E-state index contributed by atoms with van der Waals surface area (Å²) < 4.78 is 5.16. The molecular formula is C11H12ClN3O4. The Morgan fingerprint density at radius 3 is 2.68 bits per heavy atom. The van der Waals surface area contributed by atoms with Crippen LogP contribution in [0.5, 0.6) is 0 Å². The molecule has 1 N–H and O–H groups in total. The minimum absolute atomic E-state index is 0.0555. The van der Waals surface area contributed by atoms with Crippen LogP contribution in [0.4, 0.5) is 5.69 Å². The number of hydrazine groups is 1. The topological polar surface area (TPSA) is 84.7 Å². The quantitative estimate of drug-likeness (QED) is 0.667. The molecule has 102 valence electrons. The highest BCUT2D eigenvalue weighted by Crippen LogP contribution is 2.22. The van der Waals surface area contributed by atoms with Crippen LogP contribution in [0.3, 0.4) is 0 Å². The van der Waals surface area contributed by atoms with Gasteiger partial charge < -0.3 is 4.74 Å². The second-order valence-electron chi connectivity index (χ2n) is 3.96. The number of benzene rings is 1. The molecule has 1 aromatic carbocycles. The monoisotopic (exact) mass is 285 g/mol. The molecule has 1 amide bonds. The highest BCUT2D eigenvalue weighted by Gasteiger charge is 2.18. The first-order valence-electron chi connectivity index (χ1n) is 5.65. The van der Waals surface area contributed by atoms with Gasteiger partial charge in [0.15, 0.2) is 0 Å². The summed E-state index contributed by atoms with van der Waals surface area (Å²) in [5.41, 5.74) is 2.75. The molecule has 1 heterocycles. The van der Waals surface area contributed by atoms with Gasteiger partial charge in [0.1, 0.15) is 0 Å². The third-order valence-corrected chi connectivity index (χ3v) is 2.99. The second kappa shape index (κ2) is 5.96. The Labute approximate surface area is 114 Å². The van der Waals surface area contributed by atoms with Gasteiger partial charge in [-0.3, -0.25) is 20.3 Å². The van der Waals surface area contributed by atoms with Crippen LogP contribution < -0.4 is 5.43 Å².